The number of nitrogens with zero attached hydrogens (tertiary/aromatic N) is 5. The Balaban J connectivity index is 0.878. The second-order valence-electron chi connectivity index (χ2n) is 22.6. The summed E-state index contributed by atoms with van der Waals surface area (Å²) in [6.07, 6.45) is 10.1. The summed E-state index contributed by atoms with van der Waals surface area (Å²) < 4.78 is 49.5. The van der Waals surface area contributed by atoms with E-state index >= 15 is 0 Å². The monoisotopic (exact) mass is 1030 g/mol. The Morgan fingerprint density at radius 1 is 0.959 bits per heavy atom. The Bertz CT molecular complexity index is 3020. The van der Waals surface area contributed by atoms with Crippen molar-refractivity contribution in [2.24, 2.45) is 11.3 Å². The molecule has 0 radical (unpaired) electrons. The lowest BCUT2D eigenvalue weighted by atomic mass is 9.58. The quantitative estimate of drug-likeness (QED) is 0.0679. The zero-order chi connectivity index (χ0) is 51.5. The van der Waals surface area contributed by atoms with E-state index in [-0.39, 0.29) is 40.7 Å². The van der Waals surface area contributed by atoms with E-state index in [9.17, 15) is 28.4 Å². The second kappa shape index (κ2) is 20.1. The van der Waals surface area contributed by atoms with Crippen molar-refractivity contribution in [3.8, 4) is 5.88 Å². The number of anilines is 4. The number of rotatable bonds is 12. The summed E-state index contributed by atoms with van der Waals surface area (Å²) >= 11 is 0. The maximum absolute atomic E-state index is 14.8. The van der Waals surface area contributed by atoms with Crippen molar-refractivity contribution in [2.45, 2.75) is 139 Å². The molecule has 2 aromatic heterocycles. The van der Waals surface area contributed by atoms with Gasteiger partial charge in [0.25, 0.3) is 21.6 Å². The molecule has 5 aromatic rings. The van der Waals surface area contributed by atoms with E-state index in [4.69, 9.17) is 19.2 Å². The number of carbonyl (C=O) groups is 1. The van der Waals surface area contributed by atoms with Crippen molar-refractivity contribution in [1.29, 1.82) is 0 Å². The van der Waals surface area contributed by atoms with Crippen LogP contribution in [0, 0.1) is 21.4 Å². The van der Waals surface area contributed by atoms with Gasteiger partial charge in [-0.2, -0.15) is 4.98 Å². The summed E-state index contributed by atoms with van der Waals surface area (Å²) in [6, 6.07) is 22.6. The van der Waals surface area contributed by atoms with Crippen LogP contribution < -0.4 is 24.6 Å². The van der Waals surface area contributed by atoms with Gasteiger partial charge in [0.05, 0.1) is 52.0 Å². The average molecular weight is 1030 g/mol. The third-order valence-corrected chi connectivity index (χ3v) is 18.5. The number of amides is 1. The summed E-state index contributed by atoms with van der Waals surface area (Å²) in [4.78, 5) is 41.5. The van der Waals surface area contributed by atoms with Gasteiger partial charge in [0.15, 0.2) is 0 Å². The number of ether oxygens (including phenoxy) is 3. The van der Waals surface area contributed by atoms with E-state index in [1.54, 1.807) is 6.07 Å². The van der Waals surface area contributed by atoms with Crippen LogP contribution in [-0.2, 0) is 19.5 Å². The highest BCUT2D eigenvalue weighted by Gasteiger charge is 2.51. The third kappa shape index (κ3) is 9.83. The molecule has 394 valence electrons. The molecule has 0 bridgehead atoms. The zero-order valence-electron chi connectivity index (χ0n) is 42.9. The first kappa shape index (κ1) is 50.4. The van der Waals surface area contributed by atoms with E-state index in [1.165, 1.54) is 23.3 Å². The molecule has 18 heteroatoms. The van der Waals surface area contributed by atoms with Gasteiger partial charge >= 0.3 is 0 Å². The van der Waals surface area contributed by atoms with Crippen LogP contribution in [0.3, 0.4) is 0 Å². The lowest BCUT2D eigenvalue weighted by Gasteiger charge is -2.58. The predicted octanol–water partition coefficient (Wildman–Crippen LogP) is 9.36. The maximum Gasteiger partial charge on any atom is 0.293 e. The van der Waals surface area contributed by atoms with Crippen LogP contribution in [0.25, 0.3) is 11.0 Å². The minimum absolute atomic E-state index is 0.113. The summed E-state index contributed by atoms with van der Waals surface area (Å²) in [5.74, 6) is 0.105. The molecule has 5 fully saturated rings. The Morgan fingerprint density at radius 3 is 2.54 bits per heavy atom. The highest BCUT2D eigenvalue weighted by Crippen LogP contribution is 2.55. The molecular formula is C56H70N8O9S. The first-order chi connectivity index (χ1) is 35.6. The van der Waals surface area contributed by atoms with Gasteiger partial charge in [-0.3, -0.25) is 19.8 Å². The summed E-state index contributed by atoms with van der Waals surface area (Å²) in [7, 11) is -4.63. The number of H-pyrrole nitrogens is 1. The second-order valence-corrected chi connectivity index (χ2v) is 24.3. The van der Waals surface area contributed by atoms with Crippen LogP contribution in [0.15, 0.2) is 83.9 Å². The Morgan fingerprint density at radius 2 is 1.76 bits per heavy atom. The highest BCUT2D eigenvalue weighted by atomic mass is 32.2. The van der Waals surface area contributed by atoms with Gasteiger partial charge in [0, 0.05) is 68.3 Å². The molecule has 11 rings (SSSR count). The molecule has 17 nitrogen and oxygen atoms in total. The molecule has 4 aliphatic heterocycles. The number of nitro benzene ring substituents is 1. The number of hydrogen-bond acceptors (Lipinski definition) is 14. The van der Waals surface area contributed by atoms with E-state index in [2.05, 4.69) is 74.8 Å². The number of pyridine rings is 1. The van der Waals surface area contributed by atoms with Crippen molar-refractivity contribution in [1.82, 2.24) is 19.6 Å². The largest absolute Gasteiger partial charge is 0.468 e. The van der Waals surface area contributed by atoms with E-state index in [1.807, 2.05) is 37.4 Å². The lowest BCUT2D eigenvalue weighted by molar-refractivity contribution is -0.384. The van der Waals surface area contributed by atoms with E-state index in [0.717, 1.165) is 81.8 Å². The van der Waals surface area contributed by atoms with Crippen molar-refractivity contribution < 1.29 is 37.5 Å². The Kier molecular flexibility index (Phi) is 13.7. The number of benzene rings is 3. The molecule has 3 aromatic carbocycles. The van der Waals surface area contributed by atoms with Crippen molar-refractivity contribution in [3.05, 3.63) is 106 Å². The molecule has 3 saturated heterocycles. The fourth-order valence-electron chi connectivity index (χ4n) is 13.2. The number of sulfonamides is 1. The van der Waals surface area contributed by atoms with Crippen LogP contribution >= 0.6 is 0 Å². The molecule has 1 amide bonds. The molecule has 4 atom stereocenters. The van der Waals surface area contributed by atoms with Gasteiger partial charge in [0.1, 0.15) is 23.1 Å². The smallest absolute Gasteiger partial charge is 0.293 e. The van der Waals surface area contributed by atoms with Crippen molar-refractivity contribution in [2.75, 3.05) is 61.2 Å². The predicted molar refractivity (Wildman–Crippen MR) is 284 cm³/mol. The van der Waals surface area contributed by atoms with E-state index < -0.39 is 43.1 Å². The Labute approximate surface area is 433 Å². The number of aliphatic hydroxyl groups is 1. The van der Waals surface area contributed by atoms with Crippen LogP contribution in [0.4, 0.5) is 28.4 Å². The molecular weight excluding hydrogens is 961 g/mol. The number of nitro groups is 1. The summed E-state index contributed by atoms with van der Waals surface area (Å²) in [5.41, 5.74) is 4.84. The first-order valence-electron chi connectivity index (χ1n) is 26.7. The highest BCUT2D eigenvalue weighted by molar-refractivity contribution is 7.90. The van der Waals surface area contributed by atoms with Crippen LogP contribution in [0.1, 0.15) is 125 Å². The molecule has 1 spiro atoms. The van der Waals surface area contributed by atoms with Crippen molar-refractivity contribution in [3.63, 3.8) is 0 Å². The normalized spacial score (nSPS) is 28.5. The van der Waals surface area contributed by atoms with Gasteiger partial charge in [-0.25, -0.2) is 13.1 Å². The molecule has 0 unspecified atom stereocenters. The van der Waals surface area contributed by atoms with E-state index in [0.29, 0.717) is 80.5 Å². The standard InChI is InChI=1S/C56H70N8O9S/c1-35(2)42-8-5-6-9-43(42)50-33-71-24-7-22-62(50)40-30-56(31-40)20-23-61(36(3)29-56)39-10-12-44(47(27-39)63-46-17-25-72-34-51(46)73-54-49(63)26-38-16-21-57-52(38)59-54)53(65)60-74(69,70)41-11-13-45(48(28-41)64(67)68)58-32-37-14-18-55(4,66)19-15-37/h5-6,8-13,16,21,26-28,35-37,40,46,50-51,58,66H,7,14-15,17-20,22-25,29-34H2,1-4H3,(H,57,59)(H,60,65)/t36-,37?,40?,46+,50+,51+,55?,56?/m1/s1. The number of aromatic amines is 1. The average Bonchev–Trinajstić information content (AvgIpc) is 3.69. The number of nitrogens with one attached hydrogen (secondary N) is 3. The zero-order valence-corrected chi connectivity index (χ0v) is 43.7. The minimum Gasteiger partial charge on any atom is -0.468 e. The van der Waals surface area contributed by atoms with Gasteiger partial charge in [-0.15, -0.1) is 0 Å². The third-order valence-electron chi connectivity index (χ3n) is 17.2. The molecule has 6 aliphatic rings. The SMILES string of the molecule is CC(C)c1ccccc1[C@@H]1COCCCN1C1CC2(CCN(c3ccc(C(=O)NS(=O)(=O)c4ccc(NCC5CCC(C)(O)CC5)c([N+](=O)[O-])c4)c(N4c5cc6cc[nH]c6nc5O[C@H]5COCC[C@@H]54)c3)[C@H](C)C2)C1. The molecule has 4 N–H and O–H groups in total. The van der Waals surface area contributed by atoms with Gasteiger partial charge in [-0.05, 0) is 149 Å². The topological polar surface area (TPSA) is 205 Å². The van der Waals surface area contributed by atoms with Gasteiger partial charge in [-0.1, -0.05) is 38.1 Å². The number of carbonyl (C=O) groups excluding carboxylic acids is 1. The van der Waals surface area contributed by atoms with Crippen LogP contribution in [0.5, 0.6) is 5.88 Å². The summed E-state index contributed by atoms with van der Waals surface area (Å²) in [6.45, 7) is 13.2. The molecule has 6 heterocycles. The molecule has 2 saturated carbocycles. The molecule has 2 aliphatic carbocycles. The molecule has 74 heavy (non-hydrogen) atoms. The number of aromatic nitrogens is 2. The van der Waals surface area contributed by atoms with Gasteiger partial charge in [0.2, 0.25) is 5.88 Å². The minimum atomic E-state index is -4.63. The first-order valence-corrected chi connectivity index (χ1v) is 28.2. The number of piperidine rings is 1. The van der Waals surface area contributed by atoms with Gasteiger partial charge < -0.3 is 39.4 Å². The maximum atomic E-state index is 14.8. The number of fused-ring (bicyclic) bond motifs is 3. The fraction of sp³-hybridized carbons (Fsp3) is 0.536. The van der Waals surface area contributed by atoms with Crippen LogP contribution in [-0.4, -0.2) is 115 Å². The fourth-order valence-corrected chi connectivity index (χ4v) is 14.2. The Hall–Kier alpha value is -5.79. The number of hydrogen-bond donors (Lipinski definition) is 4. The lowest BCUT2D eigenvalue weighted by Crippen LogP contribution is -2.58. The summed E-state index contributed by atoms with van der Waals surface area (Å²) in [5, 5.41) is 26.8. The van der Waals surface area contributed by atoms with Crippen LogP contribution in [0.2, 0.25) is 0 Å². The van der Waals surface area contributed by atoms with Crippen molar-refractivity contribution >= 4 is 55.4 Å².